The van der Waals surface area contributed by atoms with E-state index in [4.69, 9.17) is 0 Å². The van der Waals surface area contributed by atoms with Crippen molar-refractivity contribution >= 4 is 28.4 Å². The first-order valence-corrected chi connectivity index (χ1v) is 9.30. The third-order valence-corrected chi connectivity index (χ3v) is 4.40. The summed E-state index contributed by atoms with van der Waals surface area (Å²) in [6.45, 7) is 2.52. The van der Waals surface area contributed by atoms with Gasteiger partial charge in [-0.25, -0.2) is 0 Å². The third-order valence-electron chi connectivity index (χ3n) is 4.40. The molecule has 0 bridgehead atoms. The maximum atomic E-state index is 13.0. The minimum Gasteiger partial charge on any atom is -0.343 e. The van der Waals surface area contributed by atoms with E-state index in [-0.39, 0.29) is 11.5 Å². The summed E-state index contributed by atoms with van der Waals surface area (Å²) in [6.07, 6.45) is -4.50. The molecule has 2 N–H and O–H groups in total. The number of fused-ring (bicyclic) bond motifs is 1. The molecule has 0 aliphatic carbocycles. The highest BCUT2D eigenvalue weighted by atomic mass is 19.4. The maximum Gasteiger partial charge on any atom is 0.405 e. The van der Waals surface area contributed by atoms with Crippen LogP contribution in [-0.4, -0.2) is 29.5 Å². The van der Waals surface area contributed by atoms with Gasteiger partial charge in [0.2, 0.25) is 0 Å². The standard InChI is InChI=1S/C22H20F3N3O2/c1-13(2)19-11-17(16-8-3-4-9-18(16)28-19)21(30)27-15-7-5-6-14(10-15)20(29)26-12-22(23,24)25/h3-11,13H,12H2,1-2H3,(H,26,29)(H,27,30). The van der Waals surface area contributed by atoms with Crippen molar-refractivity contribution < 1.29 is 22.8 Å². The number of nitrogens with zero attached hydrogens (tertiary/aromatic N) is 1. The zero-order chi connectivity index (χ0) is 21.9. The zero-order valence-corrected chi connectivity index (χ0v) is 16.4. The first kappa shape index (κ1) is 21.3. The molecule has 0 unspecified atom stereocenters. The normalized spacial score (nSPS) is 11.5. The van der Waals surface area contributed by atoms with Crippen molar-refractivity contribution in [2.75, 3.05) is 11.9 Å². The summed E-state index contributed by atoms with van der Waals surface area (Å²) >= 11 is 0. The van der Waals surface area contributed by atoms with Crippen LogP contribution >= 0.6 is 0 Å². The van der Waals surface area contributed by atoms with Gasteiger partial charge >= 0.3 is 6.18 Å². The molecule has 3 rings (SSSR count). The highest BCUT2D eigenvalue weighted by Gasteiger charge is 2.28. The average molecular weight is 415 g/mol. The molecular formula is C22H20F3N3O2. The van der Waals surface area contributed by atoms with Gasteiger partial charge in [-0.1, -0.05) is 38.1 Å². The van der Waals surface area contributed by atoms with Crippen LogP contribution in [0.5, 0.6) is 0 Å². The molecule has 30 heavy (non-hydrogen) atoms. The first-order chi connectivity index (χ1) is 14.1. The number of anilines is 1. The van der Waals surface area contributed by atoms with Gasteiger partial charge in [-0.3, -0.25) is 14.6 Å². The van der Waals surface area contributed by atoms with Crippen LogP contribution in [0.3, 0.4) is 0 Å². The van der Waals surface area contributed by atoms with E-state index in [0.717, 1.165) is 5.69 Å². The molecule has 1 aromatic heterocycles. The average Bonchev–Trinajstić information content (AvgIpc) is 2.70. The van der Waals surface area contributed by atoms with Crippen LogP contribution in [0.25, 0.3) is 10.9 Å². The van der Waals surface area contributed by atoms with Gasteiger partial charge in [-0.15, -0.1) is 0 Å². The van der Waals surface area contributed by atoms with Gasteiger partial charge in [0.25, 0.3) is 11.8 Å². The van der Waals surface area contributed by atoms with Crippen LogP contribution in [0.15, 0.2) is 54.6 Å². The zero-order valence-electron chi connectivity index (χ0n) is 16.4. The predicted molar refractivity (Wildman–Crippen MR) is 109 cm³/mol. The molecule has 0 saturated carbocycles. The molecule has 1 heterocycles. The molecule has 0 atom stereocenters. The fraction of sp³-hybridized carbons (Fsp3) is 0.227. The van der Waals surface area contributed by atoms with Gasteiger partial charge in [0.15, 0.2) is 0 Å². The summed E-state index contributed by atoms with van der Waals surface area (Å²) in [5.74, 6) is -1.16. The Morgan fingerprint density at radius 1 is 1.00 bits per heavy atom. The Labute approximate surface area is 171 Å². The molecule has 5 nitrogen and oxygen atoms in total. The van der Waals surface area contributed by atoms with Gasteiger partial charge in [0.1, 0.15) is 6.54 Å². The van der Waals surface area contributed by atoms with Crippen LogP contribution in [0.2, 0.25) is 0 Å². The van der Waals surface area contributed by atoms with E-state index >= 15 is 0 Å². The van der Waals surface area contributed by atoms with Crippen molar-refractivity contribution in [2.45, 2.75) is 25.9 Å². The first-order valence-electron chi connectivity index (χ1n) is 9.30. The lowest BCUT2D eigenvalue weighted by Gasteiger charge is -2.13. The Bertz CT molecular complexity index is 1090. The number of hydrogen-bond acceptors (Lipinski definition) is 3. The number of hydrogen-bond donors (Lipinski definition) is 2. The minimum absolute atomic E-state index is 0.0134. The second-order valence-electron chi connectivity index (χ2n) is 7.10. The summed E-state index contributed by atoms with van der Waals surface area (Å²) in [4.78, 5) is 29.5. The van der Waals surface area contributed by atoms with E-state index in [2.05, 4.69) is 10.3 Å². The van der Waals surface area contributed by atoms with E-state index in [1.54, 1.807) is 24.3 Å². The number of carbonyl (C=O) groups excluding carboxylic acids is 2. The van der Waals surface area contributed by atoms with Crippen molar-refractivity contribution in [3.05, 3.63) is 71.4 Å². The molecule has 0 saturated heterocycles. The lowest BCUT2D eigenvalue weighted by Crippen LogP contribution is -2.33. The quantitative estimate of drug-likeness (QED) is 0.623. The van der Waals surface area contributed by atoms with E-state index in [1.807, 2.05) is 31.3 Å². The largest absolute Gasteiger partial charge is 0.405 e. The van der Waals surface area contributed by atoms with E-state index < -0.39 is 24.5 Å². The van der Waals surface area contributed by atoms with Crippen molar-refractivity contribution in [1.82, 2.24) is 10.3 Å². The van der Waals surface area contributed by atoms with Crippen molar-refractivity contribution in [3.8, 4) is 0 Å². The number of rotatable bonds is 5. The number of aromatic nitrogens is 1. The molecule has 156 valence electrons. The number of halogens is 3. The topological polar surface area (TPSA) is 71.1 Å². The van der Waals surface area contributed by atoms with Gasteiger partial charge in [-0.2, -0.15) is 13.2 Å². The number of nitrogens with one attached hydrogen (secondary N) is 2. The smallest absolute Gasteiger partial charge is 0.343 e. The summed E-state index contributed by atoms with van der Waals surface area (Å²) in [7, 11) is 0. The predicted octanol–water partition coefficient (Wildman–Crippen LogP) is 4.90. The molecule has 3 aromatic rings. The maximum absolute atomic E-state index is 13.0. The molecule has 0 fully saturated rings. The highest BCUT2D eigenvalue weighted by molar-refractivity contribution is 6.12. The third kappa shape index (κ3) is 5.14. The van der Waals surface area contributed by atoms with Crippen molar-refractivity contribution in [3.63, 3.8) is 0 Å². The number of alkyl halides is 3. The molecule has 8 heteroatoms. The number of amides is 2. The highest BCUT2D eigenvalue weighted by Crippen LogP contribution is 2.24. The monoisotopic (exact) mass is 415 g/mol. The Kier molecular flexibility index (Phi) is 6.05. The lowest BCUT2D eigenvalue weighted by molar-refractivity contribution is -0.123. The Morgan fingerprint density at radius 3 is 2.43 bits per heavy atom. The second kappa shape index (κ2) is 8.52. The molecule has 2 aromatic carbocycles. The van der Waals surface area contributed by atoms with Gasteiger partial charge in [0, 0.05) is 22.3 Å². The molecule has 0 aliphatic rings. The SMILES string of the molecule is CC(C)c1cc(C(=O)Nc2cccc(C(=O)NCC(F)(F)F)c2)c2ccccc2n1. The molecule has 2 amide bonds. The molecule has 0 aliphatic heterocycles. The van der Waals surface area contributed by atoms with E-state index in [9.17, 15) is 22.8 Å². The fourth-order valence-electron chi connectivity index (χ4n) is 2.90. The Morgan fingerprint density at radius 2 is 1.73 bits per heavy atom. The van der Waals surface area contributed by atoms with E-state index in [0.29, 0.717) is 22.2 Å². The van der Waals surface area contributed by atoms with Crippen LogP contribution in [0, 0.1) is 0 Å². The van der Waals surface area contributed by atoms with Crippen LogP contribution < -0.4 is 10.6 Å². The van der Waals surface area contributed by atoms with Crippen molar-refractivity contribution in [1.29, 1.82) is 0 Å². The molecule has 0 radical (unpaired) electrons. The summed E-state index contributed by atoms with van der Waals surface area (Å²) in [6, 6.07) is 14.7. The molecule has 0 spiro atoms. The second-order valence-corrected chi connectivity index (χ2v) is 7.10. The summed E-state index contributed by atoms with van der Waals surface area (Å²) in [5.41, 5.74) is 2.19. The number of benzene rings is 2. The Balaban J connectivity index is 1.86. The van der Waals surface area contributed by atoms with Gasteiger partial charge in [0.05, 0.1) is 11.1 Å². The van der Waals surface area contributed by atoms with E-state index in [1.165, 1.54) is 18.2 Å². The summed E-state index contributed by atoms with van der Waals surface area (Å²) < 4.78 is 36.9. The molecular weight excluding hydrogens is 395 g/mol. The number of carbonyl (C=O) groups is 2. The van der Waals surface area contributed by atoms with Crippen LogP contribution in [0.1, 0.15) is 46.2 Å². The van der Waals surface area contributed by atoms with Gasteiger partial charge in [-0.05, 0) is 36.2 Å². The van der Waals surface area contributed by atoms with Crippen LogP contribution in [0.4, 0.5) is 18.9 Å². The number of para-hydroxylation sites is 1. The van der Waals surface area contributed by atoms with Gasteiger partial charge < -0.3 is 10.6 Å². The Hall–Kier alpha value is -3.42. The fourth-order valence-corrected chi connectivity index (χ4v) is 2.90. The van der Waals surface area contributed by atoms with Crippen LogP contribution in [-0.2, 0) is 0 Å². The minimum atomic E-state index is -4.50. The van der Waals surface area contributed by atoms with Crippen molar-refractivity contribution in [2.24, 2.45) is 0 Å². The lowest BCUT2D eigenvalue weighted by atomic mass is 10.0. The number of pyridine rings is 1. The summed E-state index contributed by atoms with van der Waals surface area (Å²) in [5, 5.41) is 5.20.